The van der Waals surface area contributed by atoms with Gasteiger partial charge in [-0.2, -0.15) is 0 Å². The van der Waals surface area contributed by atoms with Gasteiger partial charge in [0.25, 0.3) is 0 Å². The molecule has 0 bridgehead atoms. The first-order valence-corrected chi connectivity index (χ1v) is 13.3. The van der Waals surface area contributed by atoms with E-state index in [1.54, 1.807) is 0 Å². The van der Waals surface area contributed by atoms with Crippen LogP contribution in [0.25, 0.3) is 0 Å². The summed E-state index contributed by atoms with van der Waals surface area (Å²) in [6, 6.07) is -0.408. The molecule has 180 valence electrons. The Morgan fingerprint density at radius 3 is 1.77 bits per heavy atom. The molecular formula is C27H49NO3. The van der Waals surface area contributed by atoms with Gasteiger partial charge in [-0.25, -0.2) is 4.79 Å². The van der Waals surface area contributed by atoms with Crippen LogP contribution in [-0.4, -0.2) is 24.5 Å². The summed E-state index contributed by atoms with van der Waals surface area (Å²) in [5.41, 5.74) is 0. The van der Waals surface area contributed by atoms with Crippen molar-refractivity contribution in [3.63, 3.8) is 0 Å². The number of rotatable bonds is 21. The van der Waals surface area contributed by atoms with E-state index >= 15 is 0 Å². The number of carbonyl (C=O) groups excluding carboxylic acids is 2. The fourth-order valence-corrected chi connectivity index (χ4v) is 4.12. The first-order valence-electron chi connectivity index (χ1n) is 13.3. The molecule has 0 aromatic rings. The smallest absolute Gasteiger partial charge is 0.328 e. The second-order valence-corrected chi connectivity index (χ2v) is 9.18. The van der Waals surface area contributed by atoms with Crippen molar-refractivity contribution < 1.29 is 14.3 Å². The van der Waals surface area contributed by atoms with Crippen molar-refractivity contribution >= 4 is 11.9 Å². The van der Waals surface area contributed by atoms with Crippen LogP contribution in [0.15, 0.2) is 12.2 Å². The van der Waals surface area contributed by atoms with Crippen molar-refractivity contribution in [3.8, 4) is 0 Å². The Bertz CT molecular complexity index is 475. The second kappa shape index (κ2) is 20.6. The Kier molecular flexibility index (Phi) is 18.4. The number of esters is 1. The molecule has 0 radical (unpaired) electrons. The van der Waals surface area contributed by atoms with Crippen LogP contribution in [-0.2, 0) is 14.3 Å². The fourth-order valence-electron chi connectivity index (χ4n) is 4.12. The normalized spacial score (nSPS) is 16.2. The molecule has 1 fully saturated rings. The molecule has 31 heavy (non-hydrogen) atoms. The van der Waals surface area contributed by atoms with Gasteiger partial charge in [-0.05, 0) is 38.5 Å². The van der Waals surface area contributed by atoms with E-state index in [0.717, 1.165) is 12.8 Å². The maximum Gasteiger partial charge on any atom is 0.328 e. The molecule has 1 atom stereocenters. The third kappa shape index (κ3) is 17.0. The maximum atomic E-state index is 11.8. The number of unbranched alkanes of at least 4 members (excludes halogenated alkanes) is 16. The molecule has 1 amide bonds. The molecule has 4 heteroatoms. The molecule has 1 aliphatic rings. The van der Waals surface area contributed by atoms with E-state index in [0.29, 0.717) is 19.4 Å². The average molecular weight is 436 g/mol. The van der Waals surface area contributed by atoms with Crippen LogP contribution in [0, 0.1) is 0 Å². The minimum Gasteiger partial charge on any atom is -0.464 e. The number of ether oxygens (including phenoxy) is 1. The molecule has 0 saturated carbocycles. The van der Waals surface area contributed by atoms with E-state index in [1.165, 1.54) is 103 Å². The van der Waals surface area contributed by atoms with E-state index in [-0.39, 0.29) is 11.9 Å². The standard InChI is InChI=1S/C27H49NO3/c1-2-3-4-5-6-7-8-9-10-11-12-13-14-15-16-17-18-19-20-21-24-31-27(30)25-22-23-26(29)28-25/h7-8,25H,2-6,9-24H2,1H3,(H,28,29)/b8-7+/t25-/m0/s1. The number of allylic oxidation sites excluding steroid dienone is 2. The van der Waals surface area contributed by atoms with Crippen molar-refractivity contribution in [1.82, 2.24) is 5.32 Å². The third-order valence-corrected chi connectivity index (χ3v) is 6.18. The molecule has 0 unspecified atom stereocenters. The Morgan fingerprint density at radius 2 is 1.29 bits per heavy atom. The molecular weight excluding hydrogens is 386 g/mol. The van der Waals surface area contributed by atoms with E-state index in [9.17, 15) is 9.59 Å². The molecule has 1 heterocycles. The Hall–Kier alpha value is -1.32. The summed E-state index contributed by atoms with van der Waals surface area (Å²) in [6.07, 6.45) is 29.4. The predicted molar refractivity (Wildman–Crippen MR) is 130 cm³/mol. The van der Waals surface area contributed by atoms with Crippen molar-refractivity contribution in [1.29, 1.82) is 0 Å². The van der Waals surface area contributed by atoms with Crippen LogP contribution in [0.2, 0.25) is 0 Å². The van der Waals surface area contributed by atoms with Crippen molar-refractivity contribution in [2.24, 2.45) is 0 Å². The van der Waals surface area contributed by atoms with Gasteiger partial charge in [0.05, 0.1) is 6.61 Å². The van der Waals surface area contributed by atoms with Crippen molar-refractivity contribution in [2.45, 2.75) is 141 Å². The lowest BCUT2D eigenvalue weighted by Crippen LogP contribution is -2.34. The number of hydrogen-bond donors (Lipinski definition) is 1. The van der Waals surface area contributed by atoms with Gasteiger partial charge in [0.15, 0.2) is 0 Å². The molecule has 1 N–H and O–H groups in total. The van der Waals surface area contributed by atoms with Gasteiger partial charge < -0.3 is 10.1 Å². The van der Waals surface area contributed by atoms with Crippen LogP contribution < -0.4 is 5.32 Å². The summed E-state index contributed by atoms with van der Waals surface area (Å²) in [5.74, 6) is -0.307. The Balaban J connectivity index is 1.71. The van der Waals surface area contributed by atoms with Gasteiger partial charge in [0.2, 0.25) is 5.91 Å². The topological polar surface area (TPSA) is 55.4 Å². The molecule has 0 spiro atoms. The number of carbonyl (C=O) groups is 2. The minimum atomic E-state index is -0.408. The van der Waals surface area contributed by atoms with Crippen molar-refractivity contribution in [3.05, 3.63) is 12.2 Å². The lowest BCUT2D eigenvalue weighted by atomic mass is 10.0. The first-order chi connectivity index (χ1) is 15.2. The first kappa shape index (κ1) is 27.7. The lowest BCUT2D eigenvalue weighted by Gasteiger charge is -2.09. The highest BCUT2D eigenvalue weighted by Crippen LogP contribution is 2.13. The molecule has 1 rings (SSSR count). The van der Waals surface area contributed by atoms with Gasteiger partial charge in [0, 0.05) is 6.42 Å². The summed E-state index contributed by atoms with van der Waals surface area (Å²) in [6.45, 7) is 2.75. The zero-order valence-corrected chi connectivity index (χ0v) is 20.3. The molecule has 0 aromatic carbocycles. The van der Waals surface area contributed by atoms with Gasteiger partial charge in [-0.1, -0.05) is 103 Å². The van der Waals surface area contributed by atoms with Crippen LogP contribution >= 0.6 is 0 Å². The van der Waals surface area contributed by atoms with Gasteiger partial charge in [-0.3, -0.25) is 4.79 Å². The minimum absolute atomic E-state index is 0.0434. The summed E-state index contributed by atoms with van der Waals surface area (Å²) in [7, 11) is 0. The van der Waals surface area contributed by atoms with Crippen LogP contribution in [0.1, 0.15) is 135 Å². The van der Waals surface area contributed by atoms with Crippen LogP contribution in [0.3, 0.4) is 0 Å². The predicted octanol–water partition coefficient (Wildman–Crippen LogP) is 7.41. The third-order valence-electron chi connectivity index (χ3n) is 6.18. The van der Waals surface area contributed by atoms with E-state index < -0.39 is 6.04 Å². The highest BCUT2D eigenvalue weighted by molar-refractivity contribution is 5.87. The number of hydrogen-bond acceptors (Lipinski definition) is 3. The van der Waals surface area contributed by atoms with Crippen LogP contribution in [0.4, 0.5) is 0 Å². The molecule has 1 aliphatic heterocycles. The second-order valence-electron chi connectivity index (χ2n) is 9.18. The molecule has 0 aromatic heterocycles. The summed E-state index contributed by atoms with van der Waals surface area (Å²) >= 11 is 0. The summed E-state index contributed by atoms with van der Waals surface area (Å²) < 4.78 is 5.25. The zero-order chi connectivity index (χ0) is 22.4. The van der Waals surface area contributed by atoms with E-state index in [4.69, 9.17) is 4.74 Å². The monoisotopic (exact) mass is 435 g/mol. The van der Waals surface area contributed by atoms with Crippen LogP contribution in [0.5, 0.6) is 0 Å². The fraction of sp³-hybridized carbons (Fsp3) is 0.852. The Labute approximate surface area is 192 Å². The van der Waals surface area contributed by atoms with E-state index in [1.807, 2.05) is 0 Å². The molecule has 4 nitrogen and oxygen atoms in total. The average Bonchev–Trinajstić information content (AvgIpc) is 3.21. The lowest BCUT2D eigenvalue weighted by molar-refractivity contribution is -0.146. The van der Waals surface area contributed by atoms with Gasteiger partial charge >= 0.3 is 5.97 Å². The largest absolute Gasteiger partial charge is 0.464 e. The number of nitrogens with one attached hydrogen (secondary N) is 1. The van der Waals surface area contributed by atoms with Gasteiger partial charge in [-0.15, -0.1) is 0 Å². The summed E-state index contributed by atoms with van der Waals surface area (Å²) in [5, 5.41) is 2.65. The number of amides is 1. The maximum absolute atomic E-state index is 11.8. The molecule has 1 saturated heterocycles. The Morgan fingerprint density at radius 1 is 0.806 bits per heavy atom. The highest BCUT2D eigenvalue weighted by atomic mass is 16.5. The van der Waals surface area contributed by atoms with E-state index in [2.05, 4.69) is 24.4 Å². The summed E-state index contributed by atoms with van der Waals surface area (Å²) in [4.78, 5) is 22.9. The SMILES string of the molecule is CCCCCC/C=C/CCCCCCCCCCCCCCOC(=O)[C@@H]1CCC(=O)N1. The quantitative estimate of drug-likeness (QED) is 0.116. The van der Waals surface area contributed by atoms with Crippen molar-refractivity contribution in [2.75, 3.05) is 6.61 Å². The van der Waals surface area contributed by atoms with Gasteiger partial charge in [0.1, 0.15) is 6.04 Å². The molecule has 0 aliphatic carbocycles. The zero-order valence-electron chi connectivity index (χ0n) is 20.3. The highest BCUT2D eigenvalue weighted by Gasteiger charge is 2.28.